The van der Waals surface area contributed by atoms with Crippen LogP contribution in [-0.2, 0) is 6.18 Å². The van der Waals surface area contributed by atoms with Crippen LogP contribution in [0.3, 0.4) is 0 Å². The molecule has 11 heteroatoms. The number of nitrogens with one attached hydrogen (secondary N) is 1. The molecule has 0 amide bonds. The van der Waals surface area contributed by atoms with Gasteiger partial charge < -0.3 is 20.1 Å². The Morgan fingerprint density at radius 1 is 1.11 bits per heavy atom. The van der Waals surface area contributed by atoms with Gasteiger partial charge >= 0.3 is 6.18 Å². The molecule has 7 rings (SSSR count). The summed E-state index contributed by atoms with van der Waals surface area (Å²) in [5, 5.41) is 13.2. The SMILES string of the molecule is COc1cc(N2CCN([C@H]3C4CC5CC3C[C@@](O)(C5)C4)CC2)ccc1Nc1ncc(C(F)(F)F)c(Cl)n1. The largest absolute Gasteiger partial charge is 0.494 e. The number of halogens is 4. The molecule has 2 atom stereocenters. The van der Waals surface area contributed by atoms with E-state index >= 15 is 0 Å². The van der Waals surface area contributed by atoms with E-state index in [4.69, 9.17) is 16.3 Å². The summed E-state index contributed by atoms with van der Waals surface area (Å²) in [6, 6.07) is 6.29. The topological polar surface area (TPSA) is 73.8 Å². The average Bonchev–Trinajstić information content (AvgIpc) is 2.83. The molecule has 5 aliphatic rings. The average molecular weight is 538 g/mol. The van der Waals surface area contributed by atoms with Crippen molar-refractivity contribution in [3.8, 4) is 5.75 Å². The molecule has 1 aliphatic heterocycles. The van der Waals surface area contributed by atoms with Crippen LogP contribution in [0.1, 0.15) is 37.7 Å². The fraction of sp³-hybridized carbons (Fsp3) is 0.615. The molecule has 1 aromatic carbocycles. The lowest BCUT2D eigenvalue weighted by molar-refractivity contribution is -0.160. The van der Waals surface area contributed by atoms with Crippen LogP contribution in [-0.4, -0.2) is 64.9 Å². The summed E-state index contributed by atoms with van der Waals surface area (Å²) in [7, 11) is 1.54. The van der Waals surface area contributed by atoms with Crippen LogP contribution in [0.15, 0.2) is 24.4 Å². The smallest absolute Gasteiger partial charge is 0.420 e. The normalized spacial score (nSPS) is 31.6. The molecule has 2 N–H and O–H groups in total. The molecule has 1 aromatic heterocycles. The second-order valence-corrected chi connectivity index (χ2v) is 11.5. The minimum absolute atomic E-state index is 0.0435. The van der Waals surface area contributed by atoms with Crippen molar-refractivity contribution in [3.63, 3.8) is 0 Å². The molecule has 0 radical (unpaired) electrons. The fourth-order valence-electron chi connectivity index (χ4n) is 7.54. The third-order valence-corrected chi connectivity index (χ3v) is 9.06. The van der Waals surface area contributed by atoms with Gasteiger partial charge in [-0.05, 0) is 62.0 Å². The van der Waals surface area contributed by atoms with E-state index in [1.165, 1.54) is 12.8 Å². The summed E-state index contributed by atoms with van der Waals surface area (Å²) in [4.78, 5) is 12.5. The van der Waals surface area contributed by atoms with Crippen molar-refractivity contribution in [3.05, 3.63) is 35.1 Å². The molecule has 200 valence electrons. The first-order valence-corrected chi connectivity index (χ1v) is 13.3. The molecule has 2 aromatic rings. The Hall–Kier alpha value is -2.30. The lowest BCUT2D eigenvalue weighted by atomic mass is 9.52. The van der Waals surface area contributed by atoms with Gasteiger partial charge in [-0.25, -0.2) is 9.97 Å². The first kappa shape index (κ1) is 25.0. The zero-order valence-electron chi connectivity index (χ0n) is 20.6. The van der Waals surface area contributed by atoms with Gasteiger partial charge in [0.15, 0.2) is 0 Å². The number of hydrogen-bond donors (Lipinski definition) is 2. The van der Waals surface area contributed by atoms with Crippen LogP contribution < -0.4 is 15.0 Å². The van der Waals surface area contributed by atoms with Gasteiger partial charge in [0.25, 0.3) is 0 Å². The van der Waals surface area contributed by atoms with Gasteiger partial charge in [0.1, 0.15) is 16.5 Å². The Morgan fingerprint density at radius 2 is 1.81 bits per heavy atom. The molecule has 1 saturated heterocycles. The highest BCUT2D eigenvalue weighted by molar-refractivity contribution is 6.30. The minimum Gasteiger partial charge on any atom is -0.494 e. The molecular weight excluding hydrogens is 507 g/mol. The summed E-state index contributed by atoms with van der Waals surface area (Å²) in [5.74, 6) is 2.44. The molecule has 4 saturated carbocycles. The number of benzene rings is 1. The summed E-state index contributed by atoms with van der Waals surface area (Å²) in [6.45, 7) is 3.77. The molecule has 4 bridgehead atoms. The van der Waals surface area contributed by atoms with Gasteiger partial charge in [0.2, 0.25) is 5.95 Å². The molecule has 7 nitrogen and oxygen atoms in total. The van der Waals surface area contributed by atoms with Crippen LogP contribution in [0.5, 0.6) is 5.75 Å². The summed E-state index contributed by atoms with van der Waals surface area (Å²) in [6.07, 6.45) is 1.52. The van der Waals surface area contributed by atoms with E-state index in [-0.39, 0.29) is 5.95 Å². The Kier molecular flexibility index (Phi) is 6.19. The van der Waals surface area contributed by atoms with Crippen LogP contribution >= 0.6 is 11.6 Å². The molecule has 2 heterocycles. The number of rotatable bonds is 5. The maximum atomic E-state index is 12.9. The highest BCUT2D eigenvalue weighted by Crippen LogP contribution is 2.57. The Labute approximate surface area is 219 Å². The molecular formula is C26H31ClF3N5O2. The van der Waals surface area contributed by atoms with Crippen LogP contribution in [0.4, 0.5) is 30.5 Å². The Morgan fingerprint density at radius 3 is 2.41 bits per heavy atom. The second kappa shape index (κ2) is 9.17. The monoisotopic (exact) mass is 537 g/mol. The first-order chi connectivity index (χ1) is 17.6. The number of anilines is 3. The highest BCUT2D eigenvalue weighted by Gasteiger charge is 2.56. The molecule has 5 fully saturated rings. The second-order valence-electron chi connectivity index (χ2n) is 11.1. The number of hydrogen-bond acceptors (Lipinski definition) is 7. The number of methoxy groups -OCH3 is 1. The van der Waals surface area contributed by atoms with E-state index in [0.29, 0.717) is 41.4 Å². The Balaban J connectivity index is 1.11. The predicted molar refractivity (Wildman–Crippen MR) is 134 cm³/mol. The zero-order chi connectivity index (χ0) is 25.9. The fourth-order valence-corrected chi connectivity index (χ4v) is 7.78. The summed E-state index contributed by atoms with van der Waals surface area (Å²) < 4.78 is 44.4. The van der Waals surface area contributed by atoms with Crippen LogP contribution in [0.25, 0.3) is 0 Å². The van der Waals surface area contributed by atoms with Gasteiger partial charge in [-0.2, -0.15) is 13.2 Å². The van der Waals surface area contributed by atoms with Gasteiger partial charge in [-0.1, -0.05) is 11.6 Å². The molecule has 0 spiro atoms. The molecule has 4 aliphatic carbocycles. The van der Waals surface area contributed by atoms with Crippen molar-refractivity contribution < 1.29 is 23.0 Å². The zero-order valence-corrected chi connectivity index (χ0v) is 21.4. The van der Waals surface area contributed by atoms with Crippen molar-refractivity contribution in [2.45, 2.75) is 49.9 Å². The predicted octanol–water partition coefficient (Wildman–Crippen LogP) is 4.96. The number of aliphatic hydroxyl groups is 1. The van der Waals surface area contributed by atoms with Gasteiger partial charge in [0.05, 0.1) is 18.4 Å². The minimum atomic E-state index is -4.61. The summed E-state index contributed by atoms with van der Waals surface area (Å²) >= 11 is 5.73. The maximum absolute atomic E-state index is 12.9. The maximum Gasteiger partial charge on any atom is 0.420 e. The van der Waals surface area contributed by atoms with Crippen LogP contribution in [0.2, 0.25) is 5.15 Å². The van der Waals surface area contributed by atoms with E-state index in [2.05, 4.69) is 25.1 Å². The highest BCUT2D eigenvalue weighted by atomic mass is 35.5. The Bertz CT molecular complexity index is 1160. The van der Waals surface area contributed by atoms with Crippen molar-refractivity contribution in [2.24, 2.45) is 17.8 Å². The third-order valence-electron chi connectivity index (χ3n) is 8.77. The van der Waals surface area contributed by atoms with E-state index in [9.17, 15) is 18.3 Å². The first-order valence-electron chi connectivity index (χ1n) is 12.9. The lowest BCUT2D eigenvalue weighted by Crippen LogP contribution is -2.64. The van der Waals surface area contributed by atoms with E-state index in [0.717, 1.165) is 51.1 Å². The molecule has 2 unspecified atom stereocenters. The van der Waals surface area contributed by atoms with Crippen molar-refractivity contribution in [1.82, 2.24) is 14.9 Å². The van der Waals surface area contributed by atoms with Gasteiger partial charge in [-0.15, -0.1) is 0 Å². The van der Waals surface area contributed by atoms with E-state index in [1.54, 1.807) is 7.11 Å². The van der Waals surface area contributed by atoms with Crippen molar-refractivity contribution in [1.29, 1.82) is 0 Å². The number of alkyl halides is 3. The third kappa shape index (κ3) is 4.72. The number of aromatic nitrogens is 2. The van der Waals surface area contributed by atoms with Crippen LogP contribution in [0, 0.1) is 17.8 Å². The quantitative estimate of drug-likeness (QED) is 0.522. The number of piperazine rings is 1. The number of ether oxygens (including phenoxy) is 1. The summed E-state index contributed by atoms with van der Waals surface area (Å²) in [5.41, 5.74) is 0.0727. The van der Waals surface area contributed by atoms with Gasteiger partial charge in [0, 0.05) is 50.2 Å². The lowest BCUT2D eigenvalue weighted by Gasteiger charge is -2.61. The van der Waals surface area contributed by atoms with E-state index in [1.807, 2.05) is 18.2 Å². The molecule has 37 heavy (non-hydrogen) atoms. The van der Waals surface area contributed by atoms with Crippen molar-refractivity contribution >= 4 is 28.9 Å². The van der Waals surface area contributed by atoms with E-state index < -0.39 is 22.5 Å². The van der Waals surface area contributed by atoms with Gasteiger partial charge in [-0.3, -0.25) is 4.90 Å². The standard InChI is InChI=1S/C26H31ClF3N5O2/c1-37-21-10-18(2-3-20(21)32-24-31-14-19(23(27)33-24)26(28,29)30)34-4-6-35(7-5-34)22-16-8-15-9-17(22)13-25(36,11-15)12-16/h2-3,10,14-17,22,36H,4-9,11-13H2,1H3,(H,31,32,33)/t15?,16?,17?,22-,25+. The number of nitrogens with zero attached hydrogens (tertiary/aromatic N) is 4. The van der Waals surface area contributed by atoms with Crippen molar-refractivity contribution in [2.75, 3.05) is 43.5 Å².